The molecule has 0 aliphatic carbocycles. The highest BCUT2D eigenvalue weighted by Crippen LogP contribution is 2.12. The molecule has 2 amide bonds. The Labute approximate surface area is 98.3 Å². The highest BCUT2D eigenvalue weighted by molar-refractivity contribution is 5.89. The number of carbonyl (C=O) groups is 1. The van der Waals surface area contributed by atoms with E-state index in [-0.39, 0.29) is 5.69 Å². The molecule has 0 aliphatic heterocycles. The van der Waals surface area contributed by atoms with Crippen LogP contribution in [-0.2, 0) is 0 Å². The van der Waals surface area contributed by atoms with Crippen LogP contribution in [0.3, 0.4) is 0 Å². The molecule has 0 heterocycles. The number of aliphatic hydroxyl groups excluding tert-OH is 2. The molecule has 1 aromatic carbocycles. The van der Waals surface area contributed by atoms with Gasteiger partial charge in [0.05, 0.1) is 24.4 Å². The molecule has 0 saturated carbocycles. The molecule has 17 heavy (non-hydrogen) atoms. The predicted octanol–water partition coefficient (Wildman–Crippen LogP) is 0.690. The van der Waals surface area contributed by atoms with Gasteiger partial charge in [0.2, 0.25) is 0 Å². The first-order valence-electron chi connectivity index (χ1n) is 5.06. The molecule has 1 rings (SSSR count). The summed E-state index contributed by atoms with van der Waals surface area (Å²) in [6, 6.07) is 5.01. The first kappa shape index (κ1) is 13.4. The molecule has 0 bridgehead atoms. The van der Waals surface area contributed by atoms with Gasteiger partial charge < -0.3 is 20.8 Å². The zero-order chi connectivity index (χ0) is 12.9. The van der Waals surface area contributed by atoms with E-state index in [0.717, 1.165) is 0 Å². The Morgan fingerprint density at radius 3 is 2.47 bits per heavy atom. The molecule has 4 N–H and O–H groups in total. The van der Waals surface area contributed by atoms with Crippen molar-refractivity contribution in [1.29, 1.82) is 0 Å². The van der Waals surface area contributed by atoms with Gasteiger partial charge >= 0.3 is 6.03 Å². The number of hydrogen-bond donors (Lipinski definition) is 4. The third kappa shape index (κ3) is 3.69. The van der Waals surface area contributed by atoms with E-state index in [9.17, 15) is 9.18 Å². The van der Waals surface area contributed by atoms with E-state index in [1.54, 1.807) is 6.07 Å². The summed E-state index contributed by atoms with van der Waals surface area (Å²) < 4.78 is 13.2. The lowest BCUT2D eigenvalue weighted by Gasteiger charge is -2.26. The van der Waals surface area contributed by atoms with Gasteiger partial charge in [-0.2, -0.15) is 0 Å². The van der Waals surface area contributed by atoms with Gasteiger partial charge in [0.1, 0.15) is 5.82 Å². The summed E-state index contributed by atoms with van der Waals surface area (Å²) in [6.45, 7) is 0.621. The SMILES string of the molecule is CC(CO)(CO)NC(=O)Nc1ccccc1F. The summed E-state index contributed by atoms with van der Waals surface area (Å²) in [5.41, 5.74) is -1.11. The van der Waals surface area contributed by atoms with Crippen molar-refractivity contribution in [1.82, 2.24) is 5.32 Å². The minimum Gasteiger partial charge on any atom is -0.394 e. The van der Waals surface area contributed by atoms with E-state index in [4.69, 9.17) is 10.2 Å². The van der Waals surface area contributed by atoms with Crippen LogP contribution in [0, 0.1) is 5.82 Å². The lowest BCUT2D eigenvalue weighted by Crippen LogP contribution is -2.53. The zero-order valence-corrected chi connectivity index (χ0v) is 9.40. The quantitative estimate of drug-likeness (QED) is 0.627. The molecule has 1 aromatic rings. The Morgan fingerprint density at radius 1 is 1.35 bits per heavy atom. The van der Waals surface area contributed by atoms with Crippen molar-refractivity contribution in [2.75, 3.05) is 18.5 Å². The highest BCUT2D eigenvalue weighted by Gasteiger charge is 2.24. The molecule has 0 atom stereocenters. The minimum atomic E-state index is -1.14. The van der Waals surface area contributed by atoms with Gasteiger partial charge in [0.15, 0.2) is 0 Å². The minimum absolute atomic E-state index is 0.0308. The third-order valence-corrected chi connectivity index (χ3v) is 2.24. The number of carbonyl (C=O) groups excluding carboxylic acids is 1. The van der Waals surface area contributed by atoms with E-state index in [1.165, 1.54) is 25.1 Å². The lowest BCUT2D eigenvalue weighted by molar-refractivity contribution is 0.111. The van der Waals surface area contributed by atoms with Crippen molar-refractivity contribution in [2.24, 2.45) is 0 Å². The number of hydrogen-bond acceptors (Lipinski definition) is 3. The van der Waals surface area contributed by atoms with Crippen LogP contribution in [0.15, 0.2) is 24.3 Å². The zero-order valence-electron chi connectivity index (χ0n) is 9.40. The molecule has 0 spiro atoms. The maximum absolute atomic E-state index is 13.2. The summed E-state index contributed by atoms with van der Waals surface area (Å²) in [6.07, 6.45) is 0. The van der Waals surface area contributed by atoms with Crippen LogP contribution in [-0.4, -0.2) is 35.0 Å². The molecule has 6 heteroatoms. The molecule has 5 nitrogen and oxygen atoms in total. The molecule has 0 aromatic heterocycles. The Bertz CT molecular complexity index is 394. The Kier molecular flexibility index (Phi) is 4.42. The van der Waals surface area contributed by atoms with E-state index in [1.807, 2.05) is 0 Å². The first-order chi connectivity index (χ1) is 8.00. The second-order valence-corrected chi connectivity index (χ2v) is 3.94. The summed E-state index contributed by atoms with van der Waals surface area (Å²) in [5, 5.41) is 22.6. The number of para-hydroxylation sites is 1. The number of urea groups is 1. The van der Waals surface area contributed by atoms with E-state index >= 15 is 0 Å². The van der Waals surface area contributed by atoms with Crippen LogP contribution in [0.5, 0.6) is 0 Å². The fourth-order valence-electron chi connectivity index (χ4n) is 1.12. The van der Waals surface area contributed by atoms with Gasteiger partial charge in [-0.25, -0.2) is 9.18 Å². The topological polar surface area (TPSA) is 81.6 Å². The normalized spacial score (nSPS) is 11.1. The Morgan fingerprint density at radius 2 is 1.94 bits per heavy atom. The van der Waals surface area contributed by atoms with Crippen LogP contribution < -0.4 is 10.6 Å². The van der Waals surface area contributed by atoms with Crippen LogP contribution in [0.25, 0.3) is 0 Å². The Balaban J connectivity index is 2.65. The van der Waals surface area contributed by atoms with Crippen molar-refractivity contribution in [3.8, 4) is 0 Å². The monoisotopic (exact) mass is 242 g/mol. The first-order valence-corrected chi connectivity index (χ1v) is 5.06. The molecule has 0 radical (unpaired) electrons. The fraction of sp³-hybridized carbons (Fsp3) is 0.364. The van der Waals surface area contributed by atoms with Crippen LogP contribution >= 0.6 is 0 Å². The van der Waals surface area contributed by atoms with Crippen molar-refractivity contribution < 1.29 is 19.4 Å². The van der Waals surface area contributed by atoms with E-state index < -0.39 is 30.6 Å². The van der Waals surface area contributed by atoms with E-state index in [0.29, 0.717) is 0 Å². The number of nitrogens with one attached hydrogen (secondary N) is 2. The van der Waals surface area contributed by atoms with E-state index in [2.05, 4.69) is 10.6 Å². The van der Waals surface area contributed by atoms with Crippen LogP contribution in [0.2, 0.25) is 0 Å². The lowest BCUT2D eigenvalue weighted by atomic mass is 10.1. The summed E-state index contributed by atoms with van der Waals surface area (Å²) >= 11 is 0. The Hall–Kier alpha value is -1.66. The van der Waals surface area contributed by atoms with Crippen LogP contribution in [0.4, 0.5) is 14.9 Å². The number of anilines is 1. The highest BCUT2D eigenvalue weighted by atomic mass is 19.1. The molecular weight excluding hydrogens is 227 g/mol. The smallest absolute Gasteiger partial charge is 0.319 e. The van der Waals surface area contributed by atoms with Crippen molar-refractivity contribution >= 4 is 11.7 Å². The average Bonchev–Trinajstić information content (AvgIpc) is 2.32. The summed E-state index contributed by atoms with van der Waals surface area (Å²) in [5.74, 6) is -0.558. The van der Waals surface area contributed by atoms with Crippen LogP contribution in [0.1, 0.15) is 6.92 Å². The number of halogens is 1. The molecule has 0 fully saturated rings. The average molecular weight is 242 g/mol. The third-order valence-electron chi connectivity index (χ3n) is 2.24. The van der Waals surface area contributed by atoms with Crippen molar-refractivity contribution in [3.05, 3.63) is 30.1 Å². The van der Waals surface area contributed by atoms with Gasteiger partial charge in [0, 0.05) is 0 Å². The fourth-order valence-corrected chi connectivity index (χ4v) is 1.12. The van der Waals surface area contributed by atoms with Gasteiger partial charge in [-0.15, -0.1) is 0 Å². The maximum atomic E-state index is 13.2. The molecule has 0 aliphatic rings. The number of benzene rings is 1. The largest absolute Gasteiger partial charge is 0.394 e. The number of rotatable bonds is 4. The van der Waals surface area contributed by atoms with Crippen molar-refractivity contribution in [2.45, 2.75) is 12.5 Å². The van der Waals surface area contributed by atoms with Gasteiger partial charge in [-0.05, 0) is 19.1 Å². The maximum Gasteiger partial charge on any atom is 0.319 e. The standard InChI is InChI=1S/C11H15FN2O3/c1-11(6-15,7-16)14-10(17)13-9-5-3-2-4-8(9)12/h2-5,15-16H,6-7H2,1H3,(H2,13,14,17). The second-order valence-electron chi connectivity index (χ2n) is 3.94. The molecule has 0 unspecified atom stereocenters. The van der Waals surface area contributed by atoms with Crippen molar-refractivity contribution in [3.63, 3.8) is 0 Å². The van der Waals surface area contributed by atoms with Gasteiger partial charge in [0.25, 0.3) is 0 Å². The molecule has 94 valence electrons. The molecule has 0 saturated heterocycles. The molecular formula is C11H15FN2O3. The van der Waals surface area contributed by atoms with Gasteiger partial charge in [-0.3, -0.25) is 0 Å². The second kappa shape index (κ2) is 5.60. The summed E-state index contributed by atoms with van der Waals surface area (Å²) in [7, 11) is 0. The predicted molar refractivity (Wildman–Crippen MR) is 61.1 cm³/mol. The summed E-state index contributed by atoms with van der Waals surface area (Å²) in [4.78, 5) is 11.5. The number of amides is 2. The van der Waals surface area contributed by atoms with Gasteiger partial charge in [-0.1, -0.05) is 12.1 Å². The number of aliphatic hydroxyl groups is 2.